The van der Waals surface area contributed by atoms with Crippen LogP contribution in [0.5, 0.6) is 0 Å². The molecule has 9 aromatic carbocycles. The van der Waals surface area contributed by atoms with Gasteiger partial charge in [-0.2, -0.15) is 0 Å². The van der Waals surface area contributed by atoms with Gasteiger partial charge in [0.25, 0.3) is 0 Å². The molecule has 0 atom stereocenters. The largest absolute Gasteiger partial charge is 0.309 e. The van der Waals surface area contributed by atoms with Crippen molar-refractivity contribution in [2.45, 2.75) is 0 Å². The Hall–Kier alpha value is -7.16. The second-order valence-corrected chi connectivity index (χ2v) is 13.7. The van der Waals surface area contributed by atoms with Crippen LogP contribution in [0.2, 0.25) is 0 Å². The maximum Gasteiger partial charge on any atom is 0.0562 e. The zero-order chi connectivity index (χ0) is 35.8. The minimum atomic E-state index is 1.13. The molecular weight excluding hydrogens is 653 g/mol. The third kappa shape index (κ3) is 5.36. The van der Waals surface area contributed by atoms with Gasteiger partial charge in [0, 0.05) is 27.4 Å². The summed E-state index contributed by atoms with van der Waals surface area (Å²) in [6.07, 6.45) is 0. The van der Waals surface area contributed by atoms with E-state index in [0.717, 1.165) is 28.3 Å². The zero-order valence-electron chi connectivity index (χ0n) is 29.7. The summed E-state index contributed by atoms with van der Waals surface area (Å²) in [5, 5.41) is 4.84. The van der Waals surface area contributed by atoms with Crippen LogP contribution >= 0.6 is 0 Å². The zero-order valence-corrected chi connectivity index (χ0v) is 29.7. The van der Waals surface area contributed by atoms with Crippen LogP contribution in [-0.4, -0.2) is 4.57 Å². The van der Waals surface area contributed by atoms with E-state index in [9.17, 15) is 0 Å². The first-order valence-corrected chi connectivity index (χ1v) is 18.5. The summed E-state index contributed by atoms with van der Waals surface area (Å²) in [6.45, 7) is 0. The number of hydrogen-bond donors (Lipinski definition) is 0. The van der Waals surface area contributed by atoms with E-state index in [2.05, 4.69) is 228 Å². The third-order valence-corrected chi connectivity index (χ3v) is 10.6. The van der Waals surface area contributed by atoms with E-state index in [1.807, 2.05) is 0 Å². The van der Waals surface area contributed by atoms with Crippen molar-refractivity contribution in [1.29, 1.82) is 0 Å². The quantitative estimate of drug-likeness (QED) is 0.162. The number of para-hydroxylation sites is 2. The van der Waals surface area contributed by atoms with Crippen LogP contribution in [0.1, 0.15) is 0 Å². The molecule has 0 aliphatic heterocycles. The summed E-state index contributed by atoms with van der Waals surface area (Å²) in [5.41, 5.74) is 14.1. The van der Waals surface area contributed by atoms with Gasteiger partial charge >= 0.3 is 0 Å². The summed E-state index contributed by atoms with van der Waals surface area (Å²) in [4.78, 5) is 2.48. The lowest BCUT2D eigenvalue weighted by Crippen LogP contribution is -2.12. The molecule has 0 aliphatic carbocycles. The molecule has 1 aromatic heterocycles. The van der Waals surface area contributed by atoms with Crippen molar-refractivity contribution >= 4 is 49.6 Å². The summed E-state index contributed by atoms with van der Waals surface area (Å²) in [7, 11) is 0. The van der Waals surface area contributed by atoms with E-state index in [1.54, 1.807) is 0 Å². The first-order valence-electron chi connectivity index (χ1n) is 18.5. The minimum Gasteiger partial charge on any atom is -0.309 e. The average Bonchev–Trinajstić information content (AvgIpc) is 3.60. The second kappa shape index (κ2) is 13.4. The molecule has 10 aromatic rings. The van der Waals surface area contributed by atoms with Crippen LogP contribution in [0.15, 0.2) is 218 Å². The van der Waals surface area contributed by atoms with Gasteiger partial charge in [-0.15, -0.1) is 0 Å². The van der Waals surface area contributed by atoms with E-state index < -0.39 is 0 Å². The highest BCUT2D eigenvalue weighted by atomic mass is 15.2. The van der Waals surface area contributed by atoms with E-state index in [-0.39, 0.29) is 0 Å². The Morgan fingerprint density at radius 1 is 0.296 bits per heavy atom. The monoisotopic (exact) mass is 688 g/mol. The predicted octanol–water partition coefficient (Wildman–Crippen LogP) is 14.4. The molecule has 2 nitrogen and oxygen atoms in total. The molecule has 0 unspecified atom stereocenters. The Balaban J connectivity index is 1.20. The number of benzene rings is 9. The Morgan fingerprint density at radius 3 is 1.52 bits per heavy atom. The molecule has 1 heterocycles. The molecule has 0 fully saturated rings. The fraction of sp³-hybridized carbons (Fsp3) is 0. The fourth-order valence-corrected chi connectivity index (χ4v) is 8.18. The lowest BCUT2D eigenvalue weighted by atomic mass is 9.94. The maximum atomic E-state index is 2.48. The van der Waals surface area contributed by atoms with Crippen LogP contribution in [0, 0.1) is 0 Å². The average molecular weight is 689 g/mol. The minimum absolute atomic E-state index is 1.13. The first kappa shape index (κ1) is 31.6. The molecule has 0 N–H and O–H groups in total. The summed E-state index contributed by atoms with van der Waals surface area (Å²) in [6, 6.07) is 78.8. The van der Waals surface area contributed by atoms with Gasteiger partial charge in [-0.05, 0) is 75.7 Å². The van der Waals surface area contributed by atoms with Crippen LogP contribution in [-0.2, 0) is 0 Å². The predicted molar refractivity (Wildman–Crippen MR) is 229 cm³/mol. The van der Waals surface area contributed by atoms with Gasteiger partial charge in [0.05, 0.1) is 28.1 Å². The molecule has 254 valence electrons. The molecule has 2 heteroatoms. The van der Waals surface area contributed by atoms with Crippen molar-refractivity contribution < 1.29 is 0 Å². The number of aromatic nitrogens is 1. The number of rotatable bonds is 7. The molecule has 0 aliphatic rings. The molecule has 54 heavy (non-hydrogen) atoms. The SMILES string of the molecule is c1ccc(-c2ccccc2-c2ccc(-n3c4ccccc4c4c(N(c5ccccc5-c5ccccc5)c5cccc6ccccc56)cccc43)cc2)cc1. The fourth-order valence-electron chi connectivity index (χ4n) is 8.18. The van der Waals surface area contributed by atoms with Gasteiger partial charge in [-0.3, -0.25) is 0 Å². The van der Waals surface area contributed by atoms with Gasteiger partial charge in [-0.1, -0.05) is 176 Å². The van der Waals surface area contributed by atoms with Crippen molar-refractivity contribution in [3.05, 3.63) is 218 Å². The molecule has 0 amide bonds. The third-order valence-electron chi connectivity index (χ3n) is 10.6. The summed E-state index contributed by atoms with van der Waals surface area (Å²) in [5.74, 6) is 0. The van der Waals surface area contributed by atoms with Crippen LogP contribution in [0.25, 0.3) is 71.6 Å². The normalized spacial score (nSPS) is 11.3. The smallest absolute Gasteiger partial charge is 0.0562 e. The van der Waals surface area contributed by atoms with E-state index in [1.165, 1.54) is 60.4 Å². The Bertz CT molecular complexity index is 2920. The lowest BCUT2D eigenvalue weighted by molar-refractivity contribution is 1.18. The van der Waals surface area contributed by atoms with Crippen molar-refractivity contribution in [3.8, 4) is 39.1 Å². The standard InChI is InChI=1S/C52H36N2/c1-3-17-37(18-4-1)42-23-9-10-24-43(42)40-33-35-41(36-34-40)53-49-29-14-12-27-46(49)52-50(53)31-16-32-51(52)54(48-30-15-22-39-21-7-8-25-45(39)48)47-28-13-11-26-44(47)38-19-5-2-6-20-38/h1-36H. The van der Waals surface area contributed by atoms with Gasteiger partial charge in [0.2, 0.25) is 0 Å². The molecule has 0 saturated heterocycles. The van der Waals surface area contributed by atoms with Crippen molar-refractivity contribution in [2.75, 3.05) is 4.90 Å². The highest BCUT2D eigenvalue weighted by Crippen LogP contribution is 2.48. The van der Waals surface area contributed by atoms with Crippen molar-refractivity contribution in [1.82, 2.24) is 4.57 Å². The molecule has 10 rings (SSSR count). The molecule has 0 bridgehead atoms. The van der Waals surface area contributed by atoms with Gasteiger partial charge < -0.3 is 9.47 Å². The number of nitrogens with zero attached hydrogens (tertiary/aromatic N) is 2. The highest BCUT2D eigenvalue weighted by Gasteiger charge is 2.24. The van der Waals surface area contributed by atoms with E-state index >= 15 is 0 Å². The van der Waals surface area contributed by atoms with Crippen LogP contribution in [0.3, 0.4) is 0 Å². The van der Waals surface area contributed by atoms with Crippen molar-refractivity contribution in [3.63, 3.8) is 0 Å². The van der Waals surface area contributed by atoms with Gasteiger partial charge in [0.15, 0.2) is 0 Å². The summed E-state index contributed by atoms with van der Waals surface area (Å²) < 4.78 is 2.42. The molecular formula is C52H36N2. The van der Waals surface area contributed by atoms with Gasteiger partial charge in [-0.25, -0.2) is 0 Å². The Kier molecular flexibility index (Phi) is 7.85. The molecule has 0 radical (unpaired) electrons. The topological polar surface area (TPSA) is 8.17 Å². The number of hydrogen-bond acceptors (Lipinski definition) is 1. The molecule has 0 saturated carbocycles. The van der Waals surface area contributed by atoms with E-state index in [0.29, 0.717) is 0 Å². The van der Waals surface area contributed by atoms with Crippen LogP contribution in [0.4, 0.5) is 17.1 Å². The second-order valence-electron chi connectivity index (χ2n) is 13.7. The first-order chi connectivity index (χ1) is 26.8. The number of fused-ring (bicyclic) bond motifs is 4. The van der Waals surface area contributed by atoms with Crippen molar-refractivity contribution in [2.24, 2.45) is 0 Å². The Morgan fingerprint density at radius 2 is 0.778 bits per heavy atom. The van der Waals surface area contributed by atoms with Gasteiger partial charge in [0.1, 0.15) is 0 Å². The Labute approximate surface area is 315 Å². The number of anilines is 3. The lowest BCUT2D eigenvalue weighted by Gasteiger charge is -2.30. The van der Waals surface area contributed by atoms with Crippen LogP contribution < -0.4 is 4.90 Å². The maximum absolute atomic E-state index is 2.48. The molecule has 0 spiro atoms. The summed E-state index contributed by atoms with van der Waals surface area (Å²) >= 11 is 0. The highest BCUT2D eigenvalue weighted by molar-refractivity contribution is 6.18. The van der Waals surface area contributed by atoms with E-state index in [4.69, 9.17) is 0 Å².